The van der Waals surface area contributed by atoms with Gasteiger partial charge in [-0.05, 0) is 54.7 Å². The minimum atomic E-state index is -3.50. The first-order valence-corrected chi connectivity index (χ1v) is 10.9. The molecular weight excluding hydrogens is 384 g/mol. The van der Waals surface area contributed by atoms with Crippen LogP contribution in [0.1, 0.15) is 36.4 Å². The van der Waals surface area contributed by atoms with Gasteiger partial charge in [-0.25, -0.2) is 21.5 Å². The number of rotatable bonds is 8. The molecule has 0 radical (unpaired) electrons. The van der Waals surface area contributed by atoms with E-state index in [4.69, 9.17) is 0 Å². The third-order valence-electron chi connectivity index (χ3n) is 4.97. The van der Waals surface area contributed by atoms with Gasteiger partial charge < -0.3 is 0 Å². The zero-order valence-electron chi connectivity index (χ0n) is 15.7. The van der Waals surface area contributed by atoms with Crippen molar-refractivity contribution in [3.8, 4) is 0 Å². The zero-order valence-corrected chi connectivity index (χ0v) is 16.6. The minimum Gasteiger partial charge on any atom is -0.254 e. The summed E-state index contributed by atoms with van der Waals surface area (Å²) in [5.74, 6) is -0.914. The smallest absolute Gasteiger partial charge is 0.218 e. The molecule has 2 aromatic carbocycles. The Morgan fingerprint density at radius 2 is 1.79 bits per heavy atom. The van der Waals surface area contributed by atoms with E-state index in [1.54, 1.807) is 19.2 Å². The summed E-state index contributed by atoms with van der Waals surface area (Å²) >= 11 is 0. The molecule has 1 saturated heterocycles. The molecule has 0 aliphatic carbocycles. The van der Waals surface area contributed by atoms with Crippen LogP contribution in [0.3, 0.4) is 0 Å². The first kappa shape index (κ1) is 20.9. The summed E-state index contributed by atoms with van der Waals surface area (Å²) in [5.41, 5.74) is 7.70. The van der Waals surface area contributed by atoms with Crippen LogP contribution in [0.4, 0.5) is 8.78 Å². The molecule has 8 heteroatoms. The van der Waals surface area contributed by atoms with Crippen LogP contribution < -0.4 is 10.9 Å². The van der Waals surface area contributed by atoms with Gasteiger partial charge in [-0.15, -0.1) is 0 Å². The lowest BCUT2D eigenvalue weighted by Crippen LogP contribution is -2.33. The second kappa shape index (κ2) is 9.09. The van der Waals surface area contributed by atoms with E-state index in [9.17, 15) is 17.2 Å². The van der Waals surface area contributed by atoms with E-state index in [1.807, 2.05) is 6.07 Å². The van der Waals surface area contributed by atoms with Gasteiger partial charge in [-0.2, -0.15) is 0 Å². The Bertz CT molecular complexity index is 908. The normalized spacial score (nSPS) is 20.0. The van der Waals surface area contributed by atoms with Crippen LogP contribution >= 0.6 is 0 Å². The fourth-order valence-electron chi connectivity index (χ4n) is 3.40. The maximum Gasteiger partial charge on any atom is 0.218 e. The zero-order chi connectivity index (χ0) is 20.1. The molecule has 3 rings (SSSR count). The van der Waals surface area contributed by atoms with Crippen LogP contribution in [0.5, 0.6) is 0 Å². The van der Waals surface area contributed by atoms with Crippen LogP contribution in [0.25, 0.3) is 0 Å². The number of nitrogens with zero attached hydrogens (tertiary/aromatic N) is 1. The average Bonchev–Trinajstić information content (AvgIpc) is 3.10. The third kappa shape index (κ3) is 5.57. The lowest BCUT2D eigenvalue weighted by molar-refractivity contribution is 0.427. The Morgan fingerprint density at radius 3 is 2.50 bits per heavy atom. The van der Waals surface area contributed by atoms with E-state index in [0.717, 1.165) is 18.4 Å². The summed E-state index contributed by atoms with van der Waals surface area (Å²) in [5, 5.41) is 0. The van der Waals surface area contributed by atoms with Crippen LogP contribution in [-0.2, 0) is 15.8 Å². The Balaban J connectivity index is 1.45. The van der Waals surface area contributed by atoms with Crippen molar-refractivity contribution in [2.45, 2.75) is 37.1 Å². The Hall–Kier alpha value is -1.87. The molecule has 1 heterocycles. The summed E-state index contributed by atoms with van der Waals surface area (Å²) < 4.78 is 52.8. The highest BCUT2D eigenvalue weighted by atomic mass is 32.2. The van der Waals surface area contributed by atoms with Crippen molar-refractivity contribution < 1.29 is 17.2 Å². The largest absolute Gasteiger partial charge is 0.254 e. The number of hydrogen-bond acceptors (Lipinski definition) is 4. The van der Waals surface area contributed by atoms with Gasteiger partial charge in [-0.3, -0.25) is 10.9 Å². The molecule has 1 aliphatic heterocycles. The Labute approximate surface area is 164 Å². The molecule has 0 saturated carbocycles. The summed E-state index contributed by atoms with van der Waals surface area (Å²) in [6.45, 7) is 0.389. The second-order valence-electron chi connectivity index (χ2n) is 7.18. The van der Waals surface area contributed by atoms with Crippen molar-refractivity contribution in [3.63, 3.8) is 0 Å². The van der Waals surface area contributed by atoms with E-state index in [2.05, 4.69) is 10.9 Å². The molecule has 28 heavy (non-hydrogen) atoms. The molecule has 0 spiro atoms. The number of benzene rings is 2. The van der Waals surface area contributed by atoms with Crippen molar-refractivity contribution in [3.05, 3.63) is 71.3 Å². The number of sulfonamides is 1. The van der Waals surface area contributed by atoms with Crippen molar-refractivity contribution in [2.75, 3.05) is 13.6 Å². The van der Waals surface area contributed by atoms with Gasteiger partial charge in [0.15, 0.2) is 0 Å². The summed E-state index contributed by atoms with van der Waals surface area (Å²) in [7, 11) is -1.95. The lowest BCUT2D eigenvalue weighted by Gasteiger charge is -2.18. The van der Waals surface area contributed by atoms with E-state index in [1.165, 1.54) is 34.6 Å². The molecule has 152 valence electrons. The van der Waals surface area contributed by atoms with Crippen molar-refractivity contribution in [2.24, 2.45) is 0 Å². The Kier molecular flexibility index (Phi) is 6.77. The van der Waals surface area contributed by atoms with Gasteiger partial charge in [0.2, 0.25) is 10.0 Å². The Morgan fingerprint density at radius 1 is 1.07 bits per heavy atom. The van der Waals surface area contributed by atoms with E-state index >= 15 is 0 Å². The van der Waals surface area contributed by atoms with Gasteiger partial charge in [0.1, 0.15) is 11.6 Å². The first-order chi connectivity index (χ1) is 13.3. The van der Waals surface area contributed by atoms with Crippen LogP contribution in [0, 0.1) is 11.6 Å². The second-order valence-corrected chi connectivity index (χ2v) is 9.25. The van der Waals surface area contributed by atoms with Gasteiger partial charge in [-0.1, -0.05) is 24.3 Å². The van der Waals surface area contributed by atoms with Gasteiger partial charge in [0.05, 0.1) is 5.75 Å². The number of halogens is 2. The molecule has 2 atom stereocenters. The summed E-state index contributed by atoms with van der Waals surface area (Å²) in [6, 6.07) is 12.4. The summed E-state index contributed by atoms with van der Waals surface area (Å²) in [6.07, 6.45) is 2.29. The standard InChI is InChI=1S/C20H25F2N3O2S/c1-25(28(26,27)14-15-5-2-7-17(21)11-15)10-4-9-19-13-20(24-23-19)16-6-3-8-18(22)12-16/h2-3,5-8,11-12,19-20,23-24H,4,9-10,13-14H2,1H3. The molecule has 0 bridgehead atoms. The van der Waals surface area contributed by atoms with Crippen molar-refractivity contribution in [1.82, 2.24) is 15.2 Å². The highest BCUT2D eigenvalue weighted by Gasteiger charge is 2.25. The monoisotopic (exact) mass is 409 g/mol. The maximum atomic E-state index is 13.4. The first-order valence-electron chi connectivity index (χ1n) is 9.28. The highest BCUT2D eigenvalue weighted by Crippen LogP contribution is 2.24. The maximum absolute atomic E-state index is 13.4. The fraction of sp³-hybridized carbons (Fsp3) is 0.400. The van der Waals surface area contributed by atoms with Crippen molar-refractivity contribution in [1.29, 1.82) is 0 Å². The molecule has 2 N–H and O–H groups in total. The molecule has 0 amide bonds. The van der Waals surface area contributed by atoms with E-state index in [0.29, 0.717) is 18.5 Å². The summed E-state index contributed by atoms with van der Waals surface area (Å²) in [4.78, 5) is 0. The van der Waals surface area contributed by atoms with Gasteiger partial charge in [0.25, 0.3) is 0 Å². The molecule has 1 aliphatic rings. The topological polar surface area (TPSA) is 61.4 Å². The fourth-order valence-corrected chi connectivity index (χ4v) is 4.63. The third-order valence-corrected chi connectivity index (χ3v) is 6.80. The van der Waals surface area contributed by atoms with Crippen LogP contribution in [-0.4, -0.2) is 32.4 Å². The minimum absolute atomic E-state index is 0.0372. The predicted octanol–water partition coefficient (Wildman–Crippen LogP) is 3.11. The van der Waals surface area contributed by atoms with E-state index < -0.39 is 15.8 Å². The molecule has 0 aromatic heterocycles. The predicted molar refractivity (Wildman–Crippen MR) is 105 cm³/mol. The lowest BCUT2D eigenvalue weighted by atomic mass is 10.00. The van der Waals surface area contributed by atoms with Crippen LogP contribution in [0.2, 0.25) is 0 Å². The number of nitrogens with one attached hydrogen (secondary N) is 2. The average molecular weight is 410 g/mol. The SMILES string of the molecule is CN(CCCC1CC(c2cccc(F)c2)NN1)S(=O)(=O)Cc1cccc(F)c1. The quantitative estimate of drug-likeness (QED) is 0.703. The number of hydrogen-bond donors (Lipinski definition) is 2. The molecule has 5 nitrogen and oxygen atoms in total. The molecular formula is C20H25F2N3O2S. The van der Waals surface area contributed by atoms with E-state index in [-0.39, 0.29) is 23.7 Å². The molecule has 1 fully saturated rings. The molecule has 2 unspecified atom stereocenters. The highest BCUT2D eigenvalue weighted by molar-refractivity contribution is 7.88. The van der Waals surface area contributed by atoms with Crippen LogP contribution in [0.15, 0.2) is 48.5 Å². The number of hydrazine groups is 1. The molecule has 2 aromatic rings. The van der Waals surface area contributed by atoms with Gasteiger partial charge in [0, 0.05) is 25.7 Å². The van der Waals surface area contributed by atoms with Crippen molar-refractivity contribution >= 4 is 10.0 Å². The van der Waals surface area contributed by atoms with Gasteiger partial charge >= 0.3 is 0 Å².